The molecule has 4 rings (SSSR count). The Morgan fingerprint density at radius 2 is 2.04 bits per heavy atom. The third kappa shape index (κ3) is 2.45. The van der Waals surface area contributed by atoms with E-state index in [1.54, 1.807) is 0 Å². The van der Waals surface area contributed by atoms with E-state index in [9.17, 15) is 4.79 Å². The number of hydrogen-bond donors (Lipinski definition) is 0. The second-order valence-corrected chi connectivity index (χ2v) is 7.73. The number of fused-ring (bicyclic) bond motifs is 4. The van der Waals surface area contributed by atoms with Crippen molar-refractivity contribution in [3.05, 3.63) is 35.5 Å². The molecular weight excluding hydrogens is 288 g/mol. The molecule has 1 aromatic carbocycles. The SMILES string of the molecule is CC(C)(C)OC(=O)n1c2c(c3ccccc31)C[C@@H]1CCCN1C2. The van der Waals surface area contributed by atoms with E-state index in [4.69, 9.17) is 4.74 Å². The summed E-state index contributed by atoms with van der Waals surface area (Å²) in [5, 5.41) is 1.21. The molecule has 2 aliphatic heterocycles. The molecule has 23 heavy (non-hydrogen) atoms. The quantitative estimate of drug-likeness (QED) is 0.739. The Morgan fingerprint density at radius 1 is 1.26 bits per heavy atom. The number of nitrogens with zero attached hydrogens (tertiary/aromatic N) is 2. The van der Waals surface area contributed by atoms with Crippen LogP contribution in [0, 0.1) is 0 Å². The van der Waals surface area contributed by atoms with Crippen molar-refractivity contribution >= 4 is 17.0 Å². The maximum Gasteiger partial charge on any atom is 0.419 e. The van der Waals surface area contributed by atoms with Gasteiger partial charge in [-0.2, -0.15) is 0 Å². The van der Waals surface area contributed by atoms with Crippen LogP contribution in [0.5, 0.6) is 0 Å². The number of benzene rings is 1. The summed E-state index contributed by atoms with van der Waals surface area (Å²) in [5.41, 5.74) is 2.96. The van der Waals surface area contributed by atoms with E-state index in [2.05, 4.69) is 17.0 Å². The molecule has 0 spiro atoms. The normalized spacial score (nSPS) is 21.3. The Balaban J connectivity index is 1.85. The van der Waals surface area contributed by atoms with E-state index in [0.29, 0.717) is 6.04 Å². The van der Waals surface area contributed by atoms with E-state index in [0.717, 1.165) is 30.7 Å². The fourth-order valence-electron chi connectivity index (χ4n) is 4.03. The Hall–Kier alpha value is -1.81. The molecule has 0 aliphatic carbocycles. The average molecular weight is 312 g/mol. The van der Waals surface area contributed by atoms with Crippen LogP contribution in [0.1, 0.15) is 44.9 Å². The lowest BCUT2D eigenvalue weighted by atomic mass is 9.97. The van der Waals surface area contributed by atoms with Crippen LogP contribution >= 0.6 is 0 Å². The van der Waals surface area contributed by atoms with Crippen LogP contribution in [0.2, 0.25) is 0 Å². The van der Waals surface area contributed by atoms with E-state index >= 15 is 0 Å². The summed E-state index contributed by atoms with van der Waals surface area (Å²) in [6, 6.07) is 8.86. The van der Waals surface area contributed by atoms with Gasteiger partial charge in [-0.05, 0) is 58.2 Å². The van der Waals surface area contributed by atoms with Crippen LogP contribution in [-0.4, -0.2) is 33.7 Å². The van der Waals surface area contributed by atoms with Gasteiger partial charge in [-0.3, -0.25) is 4.90 Å². The van der Waals surface area contributed by atoms with E-state index in [1.165, 1.54) is 23.8 Å². The topological polar surface area (TPSA) is 34.5 Å². The Labute approximate surface area is 137 Å². The predicted octanol–water partition coefficient (Wildman–Crippen LogP) is 3.95. The molecule has 0 saturated carbocycles. The van der Waals surface area contributed by atoms with Crippen LogP contribution in [0.15, 0.2) is 24.3 Å². The maximum atomic E-state index is 12.8. The molecule has 0 amide bonds. The minimum absolute atomic E-state index is 0.257. The molecule has 2 aromatic rings. The molecular formula is C19H24N2O2. The van der Waals surface area contributed by atoms with Gasteiger partial charge in [-0.25, -0.2) is 9.36 Å². The van der Waals surface area contributed by atoms with Gasteiger partial charge in [0.25, 0.3) is 0 Å². The van der Waals surface area contributed by atoms with Crippen LogP contribution in [0.3, 0.4) is 0 Å². The van der Waals surface area contributed by atoms with E-state index in [1.807, 2.05) is 37.5 Å². The monoisotopic (exact) mass is 312 g/mol. The highest BCUT2D eigenvalue weighted by molar-refractivity contribution is 5.94. The minimum atomic E-state index is -0.486. The van der Waals surface area contributed by atoms with Gasteiger partial charge in [-0.1, -0.05) is 18.2 Å². The summed E-state index contributed by atoms with van der Waals surface area (Å²) < 4.78 is 7.48. The van der Waals surface area contributed by atoms with Crippen LogP contribution in [-0.2, 0) is 17.7 Å². The standard InChI is InChI=1S/C19H24N2O2/c1-19(2,3)23-18(22)21-16-9-5-4-8-14(16)15-11-13-7-6-10-20(13)12-17(15)21/h4-5,8-9,13H,6-7,10-12H2,1-3H3/t13-/m0/s1. The number of carbonyl (C=O) groups is 1. The fourth-order valence-corrected chi connectivity index (χ4v) is 4.03. The van der Waals surface area contributed by atoms with Crippen molar-refractivity contribution in [1.82, 2.24) is 9.47 Å². The number of hydrogen-bond acceptors (Lipinski definition) is 3. The highest BCUT2D eigenvalue weighted by Gasteiger charge is 2.35. The lowest BCUT2D eigenvalue weighted by Crippen LogP contribution is -2.37. The van der Waals surface area contributed by atoms with Gasteiger partial charge >= 0.3 is 6.09 Å². The molecule has 122 valence electrons. The molecule has 1 saturated heterocycles. The Kier molecular flexibility index (Phi) is 3.27. The predicted molar refractivity (Wildman–Crippen MR) is 90.7 cm³/mol. The van der Waals surface area contributed by atoms with Crippen molar-refractivity contribution in [2.24, 2.45) is 0 Å². The van der Waals surface area contributed by atoms with E-state index < -0.39 is 5.60 Å². The molecule has 4 heteroatoms. The van der Waals surface area contributed by atoms with Gasteiger partial charge in [0.2, 0.25) is 0 Å². The summed E-state index contributed by atoms with van der Waals surface area (Å²) in [6.07, 6.45) is 3.32. The Bertz CT molecular complexity index is 770. The first-order valence-corrected chi connectivity index (χ1v) is 8.52. The maximum absolute atomic E-state index is 12.8. The van der Waals surface area contributed by atoms with Crippen LogP contribution in [0.25, 0.3) is 10.9 Å². The van der Waals surface area contributed by atoms with Crippen molar-refractivity contribution in [3.63, 3.8) is 0 Å². The van der Waals surface area contributed by atoms with Gasteiger partial charge in [0.1, 0.15) is 5.60 Å². The smallest absolute Gasteiger partial charge is 0.419 e. The molecule has 2 aliphatic rings. The average Bonchev–Trinajstić information content (AvgIpc) is 3.04. The summed E-state index contributed by atoms with van der Waals surface area (Å²) >= 11 is 0. The third-order valence-electron chi connectivity index (χ3n) is 4.96. The molecule has 4 nitrogen and oxygen atoms in total. The molecule has 0 bridgehead atoms. The van der Waals surface area contributed by atoms with Gasteiger partial charge in [-0.15, -0.1) is 0 Å². The molecule has 1 aromatic heterocycles. The molecule has 0 unspecified atom stereocenters. The zero-order valence-electron chi connectivity index (χ0n) is 14.1. The number of ether oxygens (including phenoxy) is 1. The largest absolute Gasteiger partial charge is 0.443 e. The lowest BCUT2D eigenvalue weighted by molar-refractivity contribution is 0.0533. The number of carbonyl (C=O) groups excluding carboxylic acids is 1. The second kappa shape index (κ2) is 5.10. The highest BCUT2D eigenvalue weighted by atomic mass is 16.6. The first-order valence-electron chi connectivity index (χ1n) is 8.52. The van der Waals surface area contributed by atoms with Gasteiger partial charge in [0.15, 0.2) is 0 Å². The van der Waals surface area contributed by atoms with Crippen molar-refractivity contribution < 1.29 is 9.53 Å². The summed E-state index contributed by atoms with van der Waals surface area (Å²) in [7, 11) is 0. The second-order valence-electron chi connectivity index (χ2n) is 7.73. The number of para-hydroxylation sites is 1. The minimum Gasteiger partial charge on any atom is -0.443 e. The molecule has 1 atom stereocenters. The van der Waals surface area contributed by atoms with E-state index in [-0.39, 0.29) is 6.09 Å². The number of aromatic nitrogens is 1. The third-order valence-corrected chi connectivity index (χ3v) is 4.96. The van der Waals surface area contributed by atoms with Gasteiger partial charge < -0.3 is 4.74 Å². The summed E-state index contributed by atoms with van der Waals surface area (Å²) in [5.74, 6) is 0. The van der Waals surface area contributed by atoms with Crippen molar-refractivity contribution in [3.8, 4) is 0 Å². The fraction of sp³-hybridized carbons (Fsp3) is 0.526. The Morgan fingerprint density at radius 3 is 2.83 bits per heavy atom. The zero-order valence-corrected chi connectivity index (χ0v) is 14.1. The van der Waals surface area contributed by atoms with Crippen LogP contribution in [0.4, 0.5) is 4.79 Å². The highest BCUT2D eigenvalue weighted by Crippen LogP contribution is 2.36. The molecule has 1 fully saturated rings. The van der Waals surface area contributed by atoms with Crippen molar-refractivity contribution in [2.45, 2.75) is 58.2 Å². The van der Waals surface area contributed by atoms with Crippen molar-refractivity contribution in [2.75, 3.05) is 6.54 Å². The molecule has 0 radical (unpaired) electrons. The van der Waals surface area contributed by atoms with Crippen LogP contribution < -0.4 is 0 Å². The lowest BCUT2D eigenvalue weighted by Gasteiger charge is -2.31. The summed E-state index contributed by atoms with van der Waals surface area (Å²) in [4.78, 5) is 15.3. The first-order chi connectivity index (χ1) is 10.9. The van der Waals surface area contributed by atoms with Gasteiger partial charge in [0.05, 0.1) is 5.52 Å². The van der Waals surface area contributed by atoms with Gasteiger partial charge in [0, 0.05) is 23.7 Å². The summed E-state index contributed by atoms with van der Waals surface area (Å²) in [6.45, 7) is 7.74. The molecule has 3 heterocycles. The first kappa shape index (κ1) is 14.8. The number of rotatable bonds is 0. The van der Waals surface area contributed by atoms with Crippen molar-refractivity contribution in [1.29, 1.82) is 0 Å². The molecule has 0 N–H and O–H groups in total. The zero-order chi connectivity index (χ0) is 16.2.